The SMILES string of the molecule is CC(=O)N1N=C(c2cc(Cl)ccc2O)CC1c1ccccc1. The highest BCUT2D eigenvalue weighted by molar-refractivity contribution is 6.31. The minimum atomic E-state index is -0.160. The van der Waals surface area contributed by atoms with Crippen molar-refractivity contribution in [1.29, 1.82) is 0 Å². The number of hydrogen-bond donors (Lipinski definition) is 1. The van der Waals surface area contributed by atoms with Crippen LogP contribution in [0.15, 0.2) is 53.6 Å². The van der Waals surface area contributed by atoms with Crippen molar-refractivity contribution in [2.45, 2.75) is 19.4 Å². The summed E-state index contributed by atoms with van der Waals surface area (Å²) in [5.41, 5.74) is 2.24. The number of hydrazone groups is 1. The molecule has 0 aliphatic carbocycles. The number of aromatic hydroxyl groups is 1. The molecule has 1 aliphatic heterocycles. The molecule has 0 saturated carbocycles. The van der Waals surface area contributed by atoms with Gasteiger partial charge in [0.05, 0.1) is 11.8 Å². The van der Waals surface area contributed by atoms with Crippen LogP contribution in [0.2, 0.25) is 5.02 Å². The largest absolute Gasteiger partial charge is 0.507 e. The van der Waals surface area contributed by atoms with Gasteiger partial charge < -0.3 is 5.11 Å². The topological polar surface area (TPSA) is 52.9 Å². The standard InChI is InChI=1S/C17H15ClN2O2/c1-11(21)20-16(12-5-3-2-4-6-12)10-15(19-20)14-9-13(18)7-8-17(14)22/h2-9,16,22H,10H2,1H3. The van der Waals surface area contributed by atoms with Crippen molar-refractivity contribution in [3.8, 4) is 5.75 Å². The first kappa shape index (κ1) is 14.6. The number of carbonyl (C=O) groups is 1. The van der Waals surface area contributed by atoms with Gasteiger partial charge in [-0.15, -0.1) is 0 Å². The lowest BCUT2D eigenvalue weighted by atomic mass is 9.98. The van der Waals surface area contributed by atoms with Gasteiger partial charge in [-0.05, 0) is 23.8 Å². The van der Waals surface area contributed by atoms with Crippen LogP contribution in [-0.4, -0.2) is 21.7 Å². The van der Waals surface area contributed by atoms with E-state index in [1.165, 1.54) is 18.0 Å². The maximum Gasteiger partial charge on any atom is 0.240 e. The third-order valence-corrected chi connectivity index (χ3v) is 3.92. The molecule has 5 heteroatoms. The molecule has 1 N–H and O–H groups in total. The predicted molar refractivity (Wildman–Crippen MR) is 86.0 cm³/mol. The quantitative estimate of drug-likeness (QED) is 0.918. The van der Waals surface area contributed by atoms with E-state index < -0.39 is 0 Å². The van der Waals surface area contributed by atoms with Crippen molar-refractivity contribution in [2.75, 3.05) is 0 Å². The molecule has 1 amide bonds. The second-order valence-corrected chi connectivity index (χ2v) is 5.64. The Labute approximate surface area is 133 Å². The fraction of sp³-hybridized carbons (Fsp3) is 0.176. The summed E-state index contributed by atoms with van der Waals surface area (Å²) in [5.74, 6) is -0.0225. The molecule has 0 aromatic heterocycles. The van der Waals surface area contributed by atoms with Crippen molar-refractivity contribution >= 4 is 23.2 Å². The Morgan fingerprint density at radius 1 is 1.27 bits per heavy atom. The van der Waals surface area contributed by atoms with Crippen LogP contribution in [0, 0.1) is 0 Å². The number of rotatable bonds is 2. The summed E-state index contributed by atoms with van der Waals surface area (Å²) in [6, 6.07) is 14.4. The minimum Gasteiger partial charge on any atom is -0.507 e. The molecule has 22 heavy (non-hydrogen) atoms. The zero-order chi connectivity index (χ0) is 15.7. The number of benzene rings is 2. The first-order valence-corrected chi connectivity index (χ1v) is 7.35. The smallest absolute Gasteiger partial charge is 0.240 e. The van der Waals surface area contributed by atoms with E-state index in [9.17, 15) is 9.90 Å². The Balaban J connectivity index is 2.00. The average Bonchev–Trinajstić information content (AvgIpc) is 2.96. The molecule has 3 rings (SSSR count). The number of halogens is 1. The molecule has 1 unspecified atom stereocenters. The minimum absolute atomic E-state index is 0.111. The van der Waals surface area contributed by atoms with Crippen LogP contribution in [0.4, 0.5) is 0 Å². The summed E-state index contributed by atoms with van der Waals surface area (Å²) < 4.78 is 0. The van der Waals surface area contributed by atoms with Crippen LogP contribution < -0.4 is 0 Å². The van der Waals surface area contributed by atoms with Crippen LogP contribution in [0.5, 0.6) is 5.75 Å². The van der Waals surface area contributed by atoms with E-state index in [1.54, 1.807) is 12.1 Å². The molecule has 1 heterocycles. The zero-order valence-electron chi connectivity index (χ0n) is 12.0. The van der Waals surface area contributed by atoms with Crippen LogP contribution >= 0.6 is 11.6 Å². The number of carbonyl (C=O) groups excluding carboxylic acids is 1. The van der Waals surface area contributed by atoms with Crippen LogP contribution in [0.3, 0.4) is 0 Å². The second kappa shape index (κ2) is 5.81. The molecule has 0 saturated heterocycles. The van der Waals surface area contributed by atoms with Gasteiger partial charge in [-0.25, -0.2) is 5.01 Å². The van der Waals surface area contributed by atoms with Gasteiger partial charge in [0, 0.05) is 23.9 Å². The van der Waals surface area contributed by atoms with Crippen molar-refractivity contribution in [2.24, 2.45) is 5.10 Å². The van der Waals surface area contributed by atoms with E-state index in [2.05, 4.69) is 5.10 Å². The fourth-order valence-corrected chi connectivity index (χ4v) is 2.81. The third-order valence-electron chi connectivity index (χ3n) is 3.69. The highest BCUT2D eigenvalue weighted by atomic mass is 35.5. The molecule has 2 aromatic carbocycles. The molecule has 2 aromatic rings. The van der Waals surface area contributed by atoms with Crippen molar-refractivity contribution in [3.05, 3.63) is 64.7 Å². The Morgan fingerprint density at radius 2 is 2.00 bits per heavy atom. The van der Waals surface area contributed by atoms with E-state index >= 15 is 0 Å². The Morgan fingerprint density at radius 3 is 2.68 bits per heavy atom. The lowest BCUT2D eigenvalue weighted by Gasteiger charge is -2.20. The van der Waals surface area contributed by atoms with Gasteiger partial charge in [-0.1, -0.05) is 41.9 Å². The van der Waals surface area contributed by atoms with Gasteiger partial charge in [0.1, 0.15) is 5.75 Å². The lowest BCUT2D eigenvalue weighted by molar-refractivity contribution is -0.130. The van der Waals surface area contributed by atoms with E-state index in [0.29, 0.717) is 22.7 Å². The Bertz CT molecular complexity index is 744. The maximum atomic E-state index is 11.9. The maximum absolute atomic E-state index is 11.9. The van der Waals surface area contributed by atoms with E-state index in [4.69, 9.17) is 11.6 Å². The number of amides is 1. The molecule has 1 atom stereocenters. The highest BCUT2D eigenvalue weighted by Crippen LogP contribution is 2.35. The summed E-state index contributed by atoms with van der Waals surface area (Å²) in [5, 5.41) is 16.4. The molecule has 0 bridgehead atoms. The van der Waals surface area contributed by atoms with Crippen LogP contribution in [0.1, 0.15) is 30.5 Å². The molecule has 4 nitrogen and oxygen atoms in total. The first-order valence-electron chi connectivity index (χ1n) is 6.97. The number of nitrogens with zero attached hydrogens (tertiary/aromatic N) is 2. The average molecular weight is 315 g/mol. The summed E-state index contributed by atoms with van der Waals surface area (Å²) in [6.45, 7) is 1.49. The van der Waals surface area contributed by atoms with E-state index in [1.807, 2.05) is 30.3 Å². The highest BCUT2D eigenvalue weighted by Gasteiger charge is 2.32. The molecular weight excluding hydrogens is 300 g/mol. The summed E-state index contributed by atoms with van der Waals surface area (Å²) in [4.78, 5) is 11.9. The van der Waals surface area contributed by atoms with Gasteiger partial charge >= 0.3 is 0 Å². The second-order valence-electron chi connectivity index (χ2n) is 5.20. The predicted octanol–water partition coefficient (Wildman–Crippen LogP) is 3.74. The monoisotopic (exact) mass is 314 g/mol. The Hall–Kier alpha value is -2.33. The van der Waals surface area contributed by atoms with Crippen molar-refractivity contribution in [1.82, 2.24) is 5.01 Å². The summed E-state index contributed by atoms with van der Waals surface area (Å²) >= 11 is 6.00. The number of hydrogen-bond acceptors (Lipinski definition) is 3. The fourth-order valence-electron chi connectivity index (χ4n) is 2.64. The van der Waals surface area contributed by atoms with E-state index in [0.717, 1.165) is 5.56 Å². The van der Waals surface area contributed by atoms with Crippen molar-refractivity contribution < 1.29 is 9.90 Å². The zero-order valence-corrected chi connectivity index (χ0v) is 12.8. The van der Waals surface area contributed by atoms with Crippen LogP contribution in [0.25, 0.3) is 0 Å². The van der Waals surface area contributed by atoms with Gasteiger partial charge in [0.25, 0.3) is 0 Å². The number of phenolic OH excluding ortho intramolecular Hbond substituents is 1. The van der Waals surface area contributed by atoms with Gasteiger partial charge in [-0.3, -0.25) is 4.79 Å². The normalized spacial score (nSPS) is 17.5. The van der Waals surface area contributed by atoms with Crippen LogP contribution in [-0.2, 0) is 4.79 Å². The Kier molecular flexibility index (Phi) is 3.86. The summed E-state index contributed by atoms with van der Waals surface area (Å²) in [7, 11) is 0. The molecular formula is C17H15ClN2O2. The lowest BCUT2D eigenvalue weighted by Crippen LogP contribution is -2.24. The molecule has 0 fully saturated rings. The molecule has 112 valence electrons. The first-order chi connectivity index (χ1) is 10.6. The number of phenols is 1. The van der Waals surface area contributed by atoms with Crippen molar-refractivity contribution in [3.63, 3.8) is 0 Å². The van der Waals surface area contributed by atoms with Gasteiger partial charge in [-0.2, -0.15) is 5.10 Å². The van der Waals surface area contributed by atoms with Gasteiger partial charge in [0.15, 0.2) is 0 Å². The third kappa shape index (κ3) is 2.70. The summed E-state index contributed by atoms with van der Waals surface area (Å²) in [6.07, 6.45) is 0.539. The molecule has 1 aliphatic rings. The van der Waals surface area contributed by atoms with E-state index in [-0.39, 0.29) is 17.7 Å². The van der Waals surface area contributed by atoms with Gasteiger partial charge in [0.2, 0.25) is 5.91 Å². The molecule has 0 spiro atoms. The molecule has 0 radical (unpaired) electrons.